The van der Waals surface area contributed by atoms with Crippen LogP contribution in [-0.4, -0.2) is 17.4 Å². The van der Waals surface area contributed by atoms with Crippen molar-refractivity contribution in [2.45, 2.75) is 13.3 Å². The fourth-order valence-corrected chi connectivity index (χ4v) is 2.04. The molecule has 0 saturated heterocycles. The van der Waals surface area contributed by atoms with Gasteiger partial charge in [0, 0.05) is 18.4 Å². The minimum Gasteiger partial charge on any atom is -0.370 e. The van der Waals surface area contributed by atoms with Crippen LogP contribution in [0.5, 0.6) is 0 Å². The summed E-state index contributed by atoms with van der Waals surface area (Å²) in [5.41, 5.74) is 0.957. The highest BCUT2D eigenvalue weighted by Crippen LogP contribution is 2.20. The molecule has 21 heavy (non-hydrogen) atoms. The summed E-state index contributed by atoms with van der Waals surface area (Å²) in [5.74, 6) is 0.0713. The van der Waals surface area contributed by atoms with E-state index in [2.05, 4.69) is 38.5 Å². The summed E-state index contributed by atoms with van der Waals surface area (Å²) in [5, 5.41) is 5.83. The van der Waals surface area contributed by atoms with E-state index in [1.54, 1.807) is 12.1 Å². The number of carbonyl (C=O) groups is 1. The molecule has 6 heteroatoms. The van der Waals surface area contributed by atoms with Crippen molar-refractivity contribution in [3.63, 3.8) is 0 Å². The van der Waals surface area contributed by atoms with Gasteiger partial charge in [-0.25, -0.2) is 9.37 Å². The van der Waals surface area contributed by atoms with E-state index in [1.165, 1.54) is 24.4 Å². The molecule has 2 N–H and O–H groups in total. The molecule has 1 heterocycles. The summed E-state index contributed by atoms with van der Waals surface area (Å²) in [7, 11) is 0. The minimum absolute atomic E-state index is 0.289. The van der Waals surface area contributed by atoms with Gasteiger partial charge in [0.25, 0.3) is 5.91 Å². The first-order valence-electron chi connectivity index (χ1n) is 6.56. The van der Waals surface area contributed by atoms with Crippen molar-refractivity contribution in [3.8, 4) is 0 Å². The van der Waals surface area contributed by atoms with Crippen LogP contribution in [-0.2, 0) is 0 Å². The largest absolute Gasteiger partial charge is 0.370 e. The Hall–Kier alpha value is -1.95. The number of carbonyl (C=O) groups excluding carboxylic acids is 1. The zero-order valence-electron chi connectivity index (χ0n) is 11.5. The molecule has 0 fully saturated rings. The van der Waals surface area contributed by atoms with Gasteiger partial charge in [-0.1, -0.05) is 6.92 Å². The molecule has 0 aliphatic carbocycles. The van der Waals surface area contributed by atoms with Gasteiger partial charge in [-0.3, -0.25) is 4.79 Å². The van der Waals surface area contributed by atoms with E-state index >= 15 is 0 Å². The normalized spacial score (nSPS) is 10.2. The second kappa shape index (κ2) is 7.17. The summed E-state index contributed by atoms with van der Waals surface area (Å²) in [6, 6.07) is 7.75. The van der Waals surface area contributed by atoms with Crippen LogP contribution in [0.4, 0.5) is 15.9 Å². The maximum Gasteiger partial charge on any atom is 0.257 e. The number of benzene rings is 1. The van der Waals surface area contributed by atoms with Gasteiger partial charge in [-0.05, 0) is 52.7 Å². The molecule has 0 spiro atoms. The Labute approximate surface area is 130 Å². The topological polar surface area (TPSA) is 54.0 Å². The second-order valence-electron chi connectivity index (χ2n) is 4.44. The lowest BCUT2D eigenvalue weighted by atomic mass is 10.2. The highest BCUT2D eigenvalue weighted by molar-refractivity contribution is 9.10. The van der Waals surface area contributed by atoms with Gasteiger partial charge in [0.2, 0.25) is 0 Å². The summed E-state index contributed by atoms with van der Waals surface area (Å²) in [4.78, 5) is 16.2. The average molecular weight is 352 g/mol. The molecule has 1 amide bonds. The first kappa shape index (κ1) is 15.4. The monoisotopic (exact) mass is 351 g/mol. The predicted molar refractivity (Wildman–Crippen MR) is 85.1 cm³/mol. The zero-order valence-corrected chi connectivity index (χ0v) is 13.1. The van der Waals surface area contributed by atoms with Crippen LogP contribution in [0.15, 0.2) is 41.0 Å². The Morgan fingerprint density at radius 3 is 2.76 bits per heavy atom. The maximum absolute atomic E-state index is 13.1. The molecule has 0 aliphatic rings. The number of anilines is 2. The van der Waals surface area contributed by atoms with Crippen LogP contribution >= 0.6 is 15.9 Å². The number of nitrogens with one attached hydrogen (secondary N) is 2. The van der Waals surface area contributed by atoms with Crippen molar-refractivity contribution < 1.29 is 9.18 Å². The van der Waals surface area contributed by atoms with Gasteiger partial charge in [-0.15, -0.1) is 0 Å². The molecule has 0 aliphatic heterocycles. The molecule has 2 aromatic rings. The van der Waals surface area contributed by atoms with E-state index in [-0.39, 0.29) is 11.7 Å². The Morgan fingerprint density at radius 2 is 2.14 bits per heavy atom. The smallest absolute Gasteiger partial charge is 0.257 e. The lowest BCUT2D eigenvalue weighted by Gasteiger charge is -2.07. The van der Waals surface area contributed by atoms with Crippen molar-refractivity contribution in [3.05, 3.63) is 52.4 Å². The molecule has 4 nitrogen and oxygen atoms in total. The number of rotatable bonds is 5. The number of pyridine rings is 1. The van der Waals surface area contributed by atoms with Gasteiger partial charge in [0.05, 0.1) is 10.0 Å². The third-order valence-corrected chi connectivity index (χ3v) is 3.37. The maximum atomic E-state index is 13.1. The van der Waals surface area contributed by atoms with E-state index in [0.717, 1.165) is 18.8 Å². The Bertz CT molecular complexity index is 631. The number of amides is 1. The summed E-state index contributed by atoms with van der Waals surface area (Å²) in [6.45, 7) is 2.90. The molecule has 110 valence electrons. The first-order chi connectivity index (χ1) is 10.1. The van der Waals surface area contributed by atoms with Crippen LogP contribution in [0.3, 0.4) is 0 Å². The van der Waals surface area contributed by atoms with Crippen LogP contribution in [0.1, 0.15) is 23.7 Å². The Kier molecular flexibility index (Phi) is 5.27. The number of nitrogens with zero attached hydrogens (tertiary/aromatic N) is 1. The number of halogens is 2. The molecule has 0 atom stereocenters. The standard InChI is InChI=1S/C15H15BrFN3O/c1-2-7-18-14-6-3-10(9-19-14)15(21)20-11-4-5-13(17)12(16)8-11/h3-6,8-9H,2,7H2,1H3,(H,18,19)(H,20,21). The summed E-state index contributed by atoms with van der Waals surface area (Å²) >= 11 is 3.08. The minimum atomic E-state index is -0.374. The SMILES string of the molecule is CCCNc1ccc(C(=O)Nc2ccc(F)c(Br)c2)cn1. The molecular formula is C15H15BrFN3O. The van der Waals surface area contributed by atoms with Gasteiger partial charge < -0.3 is 10.6 Å². The molecule has 0 unspecified atom stereocenters. The van der Waals surface area contributed by atoms with Crippen LogP contribution in [0, 0.1) is 5.82 Å². The van der Waals surface area contributed by atoms with Crippen molar-refractivity contribution in [2.75, 3.05) is 17.2 Å². The Morgan fingerprint density at radius 1 is 1.33 bits per heavy atom. The fraction of sp³-hybridized carbons (Fsp3) is 0.200. The third kappa shape index (κ3) is 4.26. The van der Waals surface area contributed by atoms with Gasteiger partial charge in [0.1, 0.15) is 11.6 Å². The molecule has 0 saturated carbocycles. The van der Waals surface area contributed by atoms with Crippen LogP contribution < -0.4 is 10.6 Å². The van der Waals surface area contributed by atoms with Crippen LogP contribution in [0.2, 0.25) is 0 Å². The third-order valence-electron chi connectivity index (χ3n) is 2.76. The van der Waals surface area contributed by atoms with Crippen LogP contribution in [0.25, 0.3) is 0 Å². The fourth-order valence-electron chi connectivity index (χ4n) is 1.66. The van der Waals surface area contributed by atoms with Gasteiger partial charge in [0.15, 0.2) is 0 Å². The second-order valence-corrected chi connectivity index (χ2v) is 5.30. The highest BCUT2D eigenvalue weighted by Gasteiger charge is 2.08. The van der Waals surface area contributed by atoms with Crippen molar-refractivity contribution in [1.29, 1.82) is 0 Å². The number of hydrogen-bond acceptors (Lipinski definition) is 3. The molecule has 0 bridgehead atoms. The van der Waals surface area contributed by atoms with E-state index in [0.29, 0.717) is 15.7 Å². The van der Waals surface area contributed by atoms with E-state index in [4.69, 9.17) is 0 Å². The van der Waals surface area contributed by atoms with E-state index in [9.17, 15) is 9.18 Å². The zero-order chi connectivity index (χ0) is 15.2. The van der Waals surface area contributed by atoms with Crippen molar-refractivity contribution >= 4 is 33.3 Å². The Balaban J connectivity index is 2.04. The molecular weight excluding hydrogens is 337 g/mol. The average Bonchev–Trinajstić information content (AvgIpc) is 2.49. The van der Waals surface area contributed by atoms with Gasteiger partial charge >= 0.3 is 0 Å². The number of hydrogen-bond donors (Lipinski definition) is 2. The lowest BCUT2D eigenvalue weighted by molar-refractivity contribution is 0.102. The lowest BCUT2D eigenvalue weighted by Crippen LogP contribution is -2.12. The predicted octanol–water partition coefficient (Wildman–Crippen LogP) is 4.06. The van der Waals surface area contributed by atoms with E-state index < -0.39 is 0 Å². The highest BCUT2D eigenvalue weighted by atomic mass is 79.9. The molecule has 0 radical (unpaired) electrons. The van der Waals surface area contributed by atoms with Gasteiger partial charge in [-0.2, -0.15) is 0 Å². The summed E-state index contributed by atoms with van der Waals surface area (Å²) in [6.07, 6.45) is 2.51. The quantitative estimate of drug-likeness (QED) is 0.853. The van der Waals surface area contributed by atoms with E-state index in [1.807, 2.05) is 0 Å². The van der Waals surface area contributed by atoms with Crippen molar-refractivity contribution in [2.24, 2.45) is 0 Å². The number of aromatic nitrogens is 1. The van der Waals surface area contributed by atoms with Crippen molar-refractivity contribution in [1.82, 2.24) is 4.98 Å². The summed E-state index contributed by atoms with van der Waals surface area (Å²) < 4.78 is 13.4. The molecule has 1 aromatic heterocycles. The molecule has 1 aromatic carbocycles. The molecule has 2 rings (SSSR count). The first-order valence-corrected chi connectivity index (χ1v) is 7.35.